The molecular formula is C13H14F2N2S. The molecule has 0 unspecified atom stereocenters. The number of H-pyrrole nitrogens is 1. The van der Waals surface area contributed by atoms with Crippen molar-refractivity contribution in [3.8, 4) is 0 Å². The lowest BCUT2D eigenvalue weighted by Crippen LogP contribution is -1.99. The Morgan fingerprint density at radius 3 is 2.83 bits per heavy atom. The highest BCUT2D eigenvalue weighted by Gasteiger charge is 2.20. The number of aromatic nitrogens is 2. The SMILES string of the molecule is Fc1cc(F)c2[nH]c(=S)n(CCCC3CC3)c2c1. The van der Waals surface area contributed by atoms with Gasteiger partial charge in [0.2, 0.25) is 0 Å². The molecule has 1 aliphatic rings. The lowest BCUT2D eigenvalue weighted by atomic mass is 10.2. The van der Waals surface area contributed by atoms with Crippen LogP contribution in [0.3, 0.4) is 0 Å². The molecule has 0 radical (unpaired) electrons. The molecule has 1 aliphatic carbocycles. The van der Waals surface area contributed by atoms with Crippen LogP contribution in [0.4, 0.5) is 8.78 Å². The smallest absolute Gasteiger partial charge is 0.178 e. The number of aryl methyl sites for hydroxylation is 1. The van der Waals surface area contributed by atoms with Gasteiger partial charge in [-0.1, -0.05) is 12.8 Å². The van der Waals surface area contributed by atoms with E-state index in [-0.39, 0.29) is 0 Å². The van der Waals surface area contributed by atoms with Gasteiger partial charge in [0.05, 0.1) is 5.52 Å². The van der Waals surface area contributed by atoms with Gasteiger partial charge >= 0.3 is 0 Å². The second kappa shape index (κ2) is 4.46. The zero-order chi connectivity index (χ0) is 12.7. The van der Waals surface area contributed by atoms with E-state index >= 15 is 0 Å². The molecule has 0 aliphatic heterocycles. The maximum atomic E-state index is 13.6. The highest BCUT2D eigenvalue weighted by atomic mass is 32.1. The van der Waals surface area contributed by atoms with E-state index in [9.17, 15) is 8.78 Å². The van der Waals surface area contributed by atoms with Gasteiger partial charge in [0.1, 0.15) is 11.3 Å². The van der Waals surface area contributed by atoms with Crippen molar-refractivity contribution in [1.29, 1.82) is 0 Å². The minimum atomic E-state index is -0.586. The second-order valence-corrected chi connectivity index (χ2v) is 5.34. The van der Waals surface area contributed by atoms with Crippen molar-refractivity contribution >= 4 is 23.3 Å². The van der Waals surface area contributed by atoms with Gasteiger partial charge < -0.3 is 9.55 Å². The lowest BCUT2D eigenvalue weighted by molar-refractivity contribution is 0.576. The fourth-order valence-corrected chi connectivity index (χ4v) is 2.64. The molecule has 1 saturated carbocycles. The lowest BCUT2D eigenvalue weighted by Gasteiger charge is -2.04. The zero-order valence-corrected chi connectivity index (χ0v) is 10.7. The number of hydrogen-bond acceptors (Lipinski definition) is 1. The normalized spacial score (nSPS) is 15.4. The number of nitrogens with zero attached hydrogens (tertiary/aromatic N) is 1. The van der Waals surface area contributed by atoms with Crippen LogP contribution in [0.25, 0.3) is 11.0 Å². The van der Waals surface area contributed by atoms with E-state index < -0.39 is 11.6 Å². The summed E-state index contributed by atoms with van der Waals surface area (Å²) in [6.07, 6.45) is 4.82. The molecule has 2 aromatic rings. The van der Waals surface area contributed by atoms with Crippen molar-refractivity contribution in [2.24, 2.45) is 5.92 Å². The van der Waals surface area contributed by atoms with Crippen LogP contribution in [0.5, 0.6) is 0 Å². The summed E-state index contributed by atoms with van der Waals surface area (Å²) in [6.45, 7) is 0.720. The number of hydrogen-bond donors (Lipinski definition) is 1. The Hall–Kier alpha value is -1.23. The third-order valence-corrected chi connectivity index (χ3v) is 3.82. The molecule has 0 bridgehead atoms. The van der Waals surface area contributed by atoms with Gasteiger partial charge in [0.15, 0.2) is 10.6 Å². The maximum absolute atomic E-state index is 13.6. The number of aromatic amines is 1. The molecule has 1 fully saturated rings. The summed E-state index contributed by atoms with van der Waals surface area (Å²) in [5.41, 5.74) is 0.820. The zero-order valence-electron chi connectivity index (χ0n) is 9.88. The van der Waals surface area contributed by atoms with Crippen LogP contribution in [-0.4, -0.2) is 9.55 Å². The van der Waals surface area contributed by atoms with Crippen molar-refractivity contribution in [3.63, 3.8) is 0 Å². The summed E-state index contributed by atoms with van der Waals surface area (Å²) in [4.78, 5) is 2.81. The van der Waals surface area contributed by atoms with Crippen LogP contribution < -0.4 is 0 Å². The Morgan fingerprint density at radius 2 is 2.11 bits per heavy atom. The van der Waals surface area contributed by atoms with Gasteiger partial charge in [-0.3, -0.25) is 0 Å². The molecule has 96 valence electrons. The van der Waals surface area contributed by atoms with E-state index in [1.807, 2.05) is 0 Å². The highest BCUT2D eigenvalue weighted by molar-refractivity contribution is 7.71. The van der Waals surface area contributed by atoms with E-state index in [0.717, 1.165) is 24.9 Å². The predicted octanol–water partition coefficient (Wildman–Crippen LogP) is 4.17. The minimum absolute atomic E-state index is 0.299. The Labute approximate surface area is 109 Å². The first kappa shape index (κ1) is 11.8. The predicted molar refractivity (Wildman–Crippen MR) is 69.0 cm³/mol. The molecule has 0 amide bonds. The Kier molecular flexibility index (Phi) is 2.93. The first-order valence-electron chi connectivity index (χ1n) is 6.22. The van der Waals surface area contributed by atoms with Gasteiger partial charge in [-0.25, -0.2) is 8.78 Å². The quantitative estimate of drug-likeness (QED) is 0.825. The van der Waals surface area contributed by atoms with Crippen LogP contribution in [0.2, 0.25) is 0 Å². The standard InChI is InChI=1S/C13H14F2N2S/c14-9-6-10(15)12-11(7-9)17(13(18)16-12)5-1-2-8-3-4-8/h6-8H,1-5H2,(H,16,18). The fourth-order valence-electron chi connectivity index (χ4n) is 2.35. The molecular weight excluding hydrogens is 254 g/mol. The van der Waals surface area contributed by atoms with Gasteiger partial charge in [-0.05, 0) is 37.0 Å². The van der Waals surface area contributed by atoms with Crippen molar-refractivity contribution in [2.45, 2.75) is 32.2 Å². The second-order valence-electron chi connectivity index (χ2n) is 4.95. The average Bonchev–Trinajstić information content (AvgIpc) is 3.06. The molecule has 0 saturated heterocycles. The summed E-state index contributed by atoms with van der Waals surface area (Å²) >= 11 is 5.17. The molecule has 1 heterocycles. The summed E-state index contributed by atoms with van der Waals surface area (Å²) in [7, 11) is 0. The van der Waals surface area contributed by atoms with Crippen LogP contribution in [0, 0.1) is 22.3 Å². The molecule has 5 heteroatoms. The summed E-state index contributed by atoms with van der Waals surface area (Å²) < 4.78 is 29.1. The number of nitrogens with one attached hydrogen (secondary N) is 1. The minimum Gasteiger partial charge on any atom is -0.328 e. The summed E-state index contributed by atoms with van der Waals surface area (Å²) in [5.74, 6) is -0.292. The Morgan fingerprint density at radius 1 is 1.33 bits per heavy atom. The first-order chi connectivity index (χ1) is 8.65. The molecule has 1 aromatic carbocycles. The third kappa shape index (κ3) is 2.19. The maximum Gasteiger partial charge on any atom is 0.178 e. The summed E-state index contributed by atoms with van der Waals surface area (Å²) in [6, 6.07) is 2.21. The third-order valence-electron chi connectivity index (χ3n) is 3.49. The monoisotopic (exact) mass is 268 g/mol. The number of fused-ring (bicyclic) bond motifs is 1. The topological polar surface area (TPSA) is 20.7 Å². The van der Waals surface area contributed by atoms with Crippen molar-refractivity contribution in [1.82, 2.24) is 9.55 Å². The largest absolute Gasteiger partial charge is 0.328 e. The number of benzene rings is 1. The number of imidazole rings is 1. The van der Waals surface area contributed by atoms with Crippen LogP contribution >= 0.6 is 12.2 Å². The van der Waals surface area contributed by atoms with Gasteiger partial charge in [-0.15, -0.1) is 0 Å². The molecule has 2 nitrogen and oxygen atoms in total. The first-order valence-corrected chi connectivity index (χ1v) is 6.63. The van der Waals surface area contributed by atoms with Crippen LogP contribution in [-0.2, 0) is 6.54 Å². The Bertz CT molecular complexity index is 640. The van der Waals surface area contributed by atoms with E-state index in [0.29, 0.717) is 15.8 Å². The van der Waals surface area contributed by atoms with Crippen molar-refractivity contribution in [3.05, 3.63) is 28.5 Å². The van der Waals surface area contributed by atoms with E-state index in [4.69, 9.17) is 12.2 Å². The highest BCUT2D eigenvalue weighted by Crippen LogP contribution is 2.33. The fraction of sp³-hybridized carbons (Fsp3) is 0.462. The molecule has 1 aromatic heterocycles. The average molecular weight is 268 g/mol. The van der Waals surface area contributed by atoms with Gasteiger partial charge in [-0.2, -0.15) is 0 Å². The van der Waals surface area contributed by atoms with Crippen molar-refractivity contribution < 1.29 is 8.78 Å². The van der Waals surface area contributed by atoms with E-state index in [1.165, 1.54) is 25.3 Å². The summed E-state index contributed by atoms with van der Waals surface area (Å²) in [5, 5.41) is 0. The molecule has 0 atom stereocenters. The van der Waals surface area contributed by atoms with Gasteiger partial charge in [0.25, 0.3) is 0 Å². The van der Waals surface area contributed by atoms with Crippen LogP contribution in [0.15, 0.2) is 12.1 Å². The molecule has 18 heavy (non-hydrogen) atoms. The number of rotatable bonds is 4. The molecule has 1 N–H and O–H groups in total. The molecule has 3 rings (SSSR count). The van der Waals surface area contributed by atoms with Crippen LogP contribution in [0.1, 0.15) is 25.7 Å². The number of halogens is 2. The van der Waals surface area contributed by atoms with E-state index in [1.54, 1.807) is 4.57 Å². The van der Waals surface area contributed by atoms with Gasteiger partial charge in [0, 0.05) is 12.6 Å². The molecule has 0 spiro atoms. The van der Waals surface area contributed by atoms with Crippen molar-refractivity contribution in [2.75, 3.05) is 0 Å². The Balaban J connectivity index is 1.93. The van der Waals surface area contributed by atoms with E-state index in [2.05, 4.69) is 4.98 Å².